The van der Waals surface area contributed by atoms with Crippen LogP contribution < -0.4 is 10.2 Å². The molecule has 120 valence electrons. The van der Waals surface area contributed by atoms with Gasteiger partial charge >= 0.3 is 0 Å². The molecule has 0 saturated heterocycles. The lowest BCUT2D eigenvalue weighted by Crippen LogP contribution is -2.29. The highest BCUT2D eigenvalue weighted by atomic mass is 35.5. The van der Waals surface area contributed by atoms with Gasteiger partial charge in [0.25, 0.3) is 0 Å². The Morgan fingerprint density at radius 2 is 2.05 bits per heavy atom. The van der Waals surface area contributed by atoms with Crippen molar-refractivity contribution in [3.63, 3.8) is 0 Å². The lowest BCUT2D eigenvalue weighted by Gasteiger charge is -2.26. The molecule has 0 saturated carbocycles. The van der Waals surface area contributed by atoms with Crippen molar-refractivity contribution in [1.82, 2.24) is 5.32 Å². The SMILES string of the molecule is CCOCCN(CC)c1cc(Cl)ccc1CNCCOC. The van der Waals surface area contributed by atoms with Gasteiger partial charge in [-0.15, -0.1) is 0 Å². The van der Waals surface area contributed by atoms with Gasteiger partial charge in [-0.3, -0.25) is 0 Å². The van der Waals surface area contributed by atoms with E-state index in [1.54, 1.807) is 7.11 Å². The van der Waals surface area contributed by atoms with Crippen molar-refractivity contribution in [2.24, 2.45) is 0 Å². The highest BCUT2D eigenvalue weighted by Crippen LogP contribution is 2.25. The van der Waals surface area contributed by atoms with Gasteiger partial charge in [-0.05, 0) is 31.5 Å². The van der Waals surface area contributed by atoms with E-state index in [2.05, 4.69) is 23.2 Å². The van der Waals surface area contributed by atoms with Crippen molar-refractivity contribution in [2.45, 2.75) is 20.4 Å². The van der Waals surface area contributed by atoms with Crippen LogP contribution in [-0.4, -0.2) is 46.6 Å². The molecule has 0 amide bonds. The third kappa shape index (κ3) is 6.66. The minimum atomic E-state index is 0.713. The Labute approximate surface area is 133 Å². The number of methoxy groups -OCH3 is 1. The summed E-state index contributed by atoms with van der Waals surface area (Å²) >= 11 is 6.16. The van der Waals surface area contributed by atoms with Gasteiger partial charge in [0.05, 0.1) is 13.2 Å². The molecule has 0 radical (unpaired) electrons. The second-order valence-corrected chi connectivity index (χ2v) is 5.16. The average molecular weight is 315 g/mol. The maximum Gasteiger partial charge on any atom is 0.0641 e. The summed E-state index contributed by atoms with van der Waals surface area (Å²) in [5.74, 6) is 0. The van der Waals surface area contributed by atoms with Crippen LogP contribution in [0.5, 0.6) is 0 Å². The molecule has 0 unspecified atom stereocenters. The number of halogens is 1. The van der Waals surface area contributed by atoms with Gasteiger partial charge in [-0.2, -0.15) is 0 Å². The fraction of sp³-hybridized carbons (Fsp3) is 0.625. The standard InChI is InChI=1S/C16H27ClN2O2/c1-4-19(9-11-21-5-2)16-12-15(17)7-6-14(16)13-18-8-10-20-3/h6-7,12,18H,4-5,8-11,13H2,1-3H3. The van der Waals surface area contributed by atoms with Gasteiger partial charge in [0.15, 0.2) is 0 Å². The van der Waals surface area contributed by atoms with Crippen LogP contribution in [0.25, 0.3) is 0 Å². The number of likely N-dealkylation sites (N-methyl/N-ethyl adjacent to an activating group) is 1. The van der Waals surface area contributed by atoms with E-state index >= 15 is 0 Å². The summed E-state index contributed by atoms with van der Waals surface area (Å²) in [6, 6.07) is 6.06. The first kappa shape index (κ1) is 18.2. The molecule has 0 fully saturated rings. The highest BCUT2D eigenvalue weighted by molar-refractivity contribution is 6.30. The van der Waals surface area contributed by atoms with Crippen LogP contribution in [0.1, 0.15) is 19.4 Å². The fourth-order valence-corrected chi connectivity index (χ4v) is 2.31. The largest absolute Gasteiger partial charge is 0.383 e. The van der Waals surface area contributed by atoms with Crippen LogP contribution in [-0.2, 0) is 16.0 Å². The van der Waals surface area contributed by atoms with Gasteiger partial charge < -0.3 is 19.7 Å². The number of anilines is 1. The zero-order valence-corrected chi connectivity index (χ0v) is 14.1. The number of hydrogen-bond donors (Lipinski definition) is 1. The van der Waals surface area contributed by atoms with Crippen molar-refractivity contribution in [3.8, 4) is 0 Å². The molecule has 1 aromatic rings. The molecule has 0 spiro atoms. The summed E-state index contributed by atoms with van der Waals surface area (Å²) in [6.07, 6.45) is 0. The first-order chi connectivity index (χ1) is 10.2. The Balaban J connectivity index is 2.73. The summed E-state index contributed by atoms with van der Waals surface area (Å²) in [6.45, 7) is 9.80. The van der Waals surface area contributed by atoms with Crippen LogP contribution in [0.3, 0.4) is 0 Å². The van der Waals surface area contributed by atoms with E-state index in [1.165, 1.54) is 11.3 Å². The lowest BCUT2D eigenvalue weighted by molar-refractivity contribution is 0.154. The number of benzene rings is 1. The van der Waals surface area contributed by atoms with Crippen molar-refractivity contribution >= 4 is 17.3 Å². The minimum absolute atomic E-state index is 0.713. The normalized spacial score (nSPS) is 10.9. The molecule has 0 aromatic heterocycles. The quantitative estimate of drug-likeness (QED) is 0.637. The number of hydrogen-bond acceptors (Lipinski definition) is 4. The predicted octanol–water partition coefficient (Wildman–Crippen LogP) is 2.94. The highest BCUT2D eigenvalue weighted by Gasteiger charge is 2.10. The Morgan fingerprint density at radius 3 is 2.71 bits per heavy atom. The summed E-state index contributed by atoms with van der Waals surface area (Å²) < 4.78 is 10.5. The minimum Gasteiger partial charge on any atom is -0.383 e. The fourth-order valence-electron chi connectivity index (χ4n) is 2.15. The van der Waals surface area contributed by atoms with Crippen LogP contribution in [0.15, 0.2) is 18.2 Å². The van der Waals surface area contributed by atoms with Gasteiger partial charge in [0, 0.05) is 50.6 Å². The Hall–Kier alpha value is -0.810. The molecule has 0 aliphatic carbocycles. The van der Waals surface area contributed by atoms with Crippen molar-refractivity contribution in [1.29, 1.82) is 0 Å². The summed E-state index contributed by atoms with van der Waals surface area (Å²) in [7, 11) is 1.71. The second kappa shape index (κ2) is 10.9. The molecule has 5 heteroatoms. The maximum absolute atomic E-state index is 6.16. The van der Waals surface area contributed by atoms with Gasteiger partial charge in [-0.1, -0.05) is 17.7 Å². The topological polar surface area (TPSA) is 33.7 Å². The molecule has 0 bridgehead atoms. The monoisotopic (exact) mass is 314 g/mol. The maximum atomic E-state index is 6.16. The van der Waals surface area contributed by atoms with Crippen molar-refractivity contribution < 1.29 is 9.47 Å². The Kier molecular flexibility index (Phi) is 9.42. The van der Waals surface area contributed by atoms with Crippen molar-refractivity contribution in [2.75, 3.05) is 51.5 Å². The van der Waals surface area contributed by atoms with Gasteiger partial charge in [-0.25, -0.2) is 0 Å². The molecular weight excluding hydrogens is 288 g/mol. The molecule has 0 atom stereocenters. The smallest absolute Gasteiger partial charge is 0.0641 e. The first-order valence-electron chi connectivity index (χ1n) is 7.53. The number of ether oxygens (including phenoxy) is 2. The van der Waals surface area contributed by atoms with E-state index in [-0.39, 0.29) is 0 Å². The van der Waals surface area contributed by atoms with E-state index in [9.17, 15) is 0 Å². The zero-order chi connectivity index (χ0) is 15.5. The van der Waals surface area contributed by atoms with Crippen LogP contribution in [0.4, 0.5) is 5.69 Å². The molecule has 0 heterocycles. The molecule has 1 aromatic carbocycles. The number of nitrogens with one attached hydrogen (secondary N) is 1. The Morgan fingerprint density at radius 1 is 1.24 bits per heavy atom. The van der Waals surface area contributed by atoms with E-state index in [0.717, 1.165) is 44.4 Å². The molecule has 1 N–H and O–H groups in total. The number of nitrogens with zero attached hydrogens (tertiary/aromatic N) is 1. The predicted molar refractivity (Wildman–Crippen MR) is 89.4 cm³/mol. The zero-order valence-electron chi connectivity index (χ0n) is 13.3. The molecule has 1 rings (SSSR count). The Bertz CT molecular complexity index is 402. The van der Waals surface area contributed by atoms with Crippen LogP contribution in [0.2, 0.25) is 5.02 Å². The molecule has 4 nitrogen and oxygen atoms in total. The molecule has 0 aliphatic heterocycles. The van der Waals surface area contributed by atoms with Crippen LogP contribution >= 0.6 is 11.6 Å². The second-order valence-electron chi connectivity index (χ2n) is 4.72. The lowest BCUT2D eigenvalue weighted by atomic mass is 10.1. The van der Waals surface area contributed by atoms with E-state index < -0.39 is 0 Å². The third-order valence-electron chi connectivity index (χ3n) is 3.28. The summed E-state index contributed by atoms with van der Waals surface area (Å²) in [5.41, 5.74) is 2.42. The molecule has 21 heavy (non-hydrogen) atoms. The van der Waals surface area contributed by atoms with Gasteiger partial charge in [0.1, 0.15) is 0 Å². The molecule has 0 aliphatic rings. The first-order valence-corrected chi connectivity index (χ1v) is 7.91. The van der Waals surface area contributed by atoms with Crippen molar-refractivity contribution in [3.05, 3.63) is 28.8 Å². The van der Waals surface area contributed by atoms with E-state index in [0.29, 0.717) is 6.61 Å². The number of rotatable bonds is 11. The van der Waals surface area contributed by atoms with E-state index in [1.807, 2.05) is 19.1 Å². The average Bonchev–Trinajstić information content (AvgIpc) is 2.49. The third-order valence-corrected chi connectivity index (χ3v) is 3.51. The summed E-state index contributed by atoms with van der Waals surface area (Å²) in [4.78, 5) is 2.30. The molecular formula is C16H27ClN2O2. The van der Waals surface area contributed by atoms with E-state index in [4.69, 9.17) is 21.1 Å². The van der Waals surface area contributed by atoms with Gasteiger partial charge in [0.2, 0.25) is 0 Å². The summed E-state index contributed by atoms with van der Waals surface area (Å²) in [5, 5.41) is 4.15. The van der Waals surface area contributed by atoms with Crippen LogP contribution in [0, 0.1) is 0 Å².